The summed E-state index contributed by atoms with van der Waals surface area (Å²) < 4.78 is 3.09. The van der Waals surface area contributed by atoms with E-state index < -0.39 is 0 Å². The minimum absolute atomic E-state index is 0.130. The van der Waals surface area contributed by atoms with Gasteiger partial charge in [-0.3, -0.25) is 18.6 Å². The molecule has 2 aromatic carbocycles. The van der Waals surface area contributed by atoms with Crippen LogP contribution in [0.4, 0.5) is 5.69 Å². The van der Waals surface area contributed by atoms with Gasteiger partial charge in [-0.2, -0.15) is 0 Å². The van der Waals surface area contributed by atoms with Crippen molar-refractivity contribution in [2.75, 3.05) is 11.1 Å². The number of hydrogen-bond donors (Lipinski definition) is 1. The first-order valence-electron chi connectivity index (χ1n) is 8.32. The van der Waals surface area contributed by atoms with E-state index in [1.807, 2.05) is 30.3 Å². The van der Waals surface area contributed by atoms with Gasteiger partial charge >= 0.3 is 5.56 Å². The molecule has 0 fully saturated rings. The molecule has 0 atom stereocenters. The zero-order valence-corrected chi connectivity index (χ0v) is 16.0. The second-order valence-electron chi connectivity index (χ2n) is 5.83. The molecule has 1 amide bonds. The van der Waals surface area contributed by atoms with Gasteiger partial charge in [-0.25, -0.2) is 0 Å². The molecular formula is C19H14ClN5O2S. The van der Waals surface area contributed by atoms with Crippen LogP contribution in [0.3, 0.4) is 0 Å². The Bertz CT molecular complexity index is 1190. The molecule has 0 spiro atoms. The number of aromatic nitrogens is 4. The number of amides is 1. The maximum Gasteiger partial charge on any atom is 0.300 e. The Labute approximate surface area is 169 Å². The third-order valence-electron chi connectivity index (χ3n) is 3.93. The molecule has 0 bridgehead atoms. The van der Waals surface area contributed by atoms with E-state index in [1.54, 1.807) is 41.1 Å². The molecule has 7 nitrogen and oxygen atoms in total. The van der Waals surface area contributed by atoms with Gasteiger partial charge in [0.15, 0.2) is 5.16 Å². The van der Waals surface area contributed by atoms with Crippen LogP contribution in [0.15, 0.2) is 76.9 Å². The predicted octanol–water partition coefficient (Wildman–Crippen LogP) is 3.26. The lowest BCUT2D eigenvalue weighted by Crippen LogP contribution is -2.20. The highest BCUT2D eigenvalue weighted by molar-refractivity contribution is 7.99. The average molecular weight is 412 g/mol. The Morgan fingerprint density at radius 1 is 1.04 bits per heavy atom. The van der Waals surface area contributed by atoms with Gasteiger partial charge in [0.1, 0.15) is 0 Å². The van der Waals surface area contributed by atoms with Crippen LogP contribution in [-0.2, 0) is 4.79 Å². The fourth-order valence-corrected chi connectivity index (χ4v) is 3.46. The van der Waals surface area contributed by atoms with Crippen LogP contribution in [0, 0.1) is 0 Å². The lowest BCUT2D eigenvalue weighted by Gasteiger charge is -2.06. The maximum atomic E-state index is 12.7. The molecule has 0 aliphatic rings. The monoisotopic (exact) mass is 411 g/mol. The van der Waals surface area contributed by atoms with E-state index in [0.29, 0.717) is 15.9 Å². The Kier molecular flexibility index (Phi) is 5.14. The smallest absolute Gasteiger partial charge is 0.300 e. The number of anilines is 1. The van der Waals surface area contributed by atoms with Crippen LogP contribution in [0.25, 0.3) is 11.3 Å². The largest absolute Gasteiger partial charge is 0.325 e. The van der Waals surface area contributed by atoms with Crippen molar-refractivity contribution in [1.29, 1.82) is 0 Å². The SMILES string of the molecule is O=C(CSc1nnc2c(=O)n(-c3ccccc3)ccn12)Nc1ccc(Cl)cc1. The van der Waals surface area contributed by atoms with Crippen molar-refractivity contribution in [2.45, 2.75) is 5.16 Å². The van der Waals surface area contributed by atoms with E-state index in [9.17, 15) is 9.59 Å². The van der Waals surface area contributed by atoms with Crippen LogP contribution >= 0.6 is 23.4 Å². The van der Waals surface area contributed by atoms with Gasteiger partial charge in [0.25, 0.3) is 0 Å². The molecule has 4 aromatic rings. The summed E-state index contributed by atoms with van der Waals surface area (Å²) in [6.07, 6.45) is 3.37. The van der Waals surface area contributed by atoms with Crippen molar-refractivity contribution >= 4 is 40.6 Å². The highest BCUT2D eigenvalue weighted by atomic mass is 35.5. The topological polar surface area (TPSA) is 81.3 Å². The van der Waals surface area contributed by atoms with E-state index >= 15 is 0 Å². The standard InChI is InChI=1S/C19H14ClN5O2S/c20-13-6-8-14(9-7-13)21-16(26)12-28-19-23-22-17-18(27)24(10-11-25(17)19)15-4-2-1-3-5-15/h1-11H,12H2,(H,21,26). The fourth-order valence-electron chi connectivity index (χ4n) is 2.62. The summed E-state index contributed by atoms with van der Waals surface area (Å²) in [6, 6.07) is 16.1. The summed E-state index contributed by atoms with van der Waals surface area (Å²) in [5.41, 5.74) is 1.33. The zero-order valence-electron chi connectivity index (χ0n) is 14.4. The number of rotatable bonds is 5. The van der Waals surface area contributed by atoms with Crippen molar-refractivity contribution < 1.29 is 4.79 Å². The summed E-state index contributed by atoms with van der Waals surface area (Å²) in [6.45, 7) is 0. The predicted molar refractivity (Wildman–Crippen MR) is 109 cm³/mol. The van der Waals surface area contributed by atoms with Crippen molar-refractivity contribution in [2.24, 2.45) is 0 Å². The van der Waals surface area contributed by atoms with Crippen molar-refractivity contribution in [3.8, 4) is 5.69 Å². The molecule has 0 aliphatic carbocycles. The van der Waals surface area contributed by atoms with Crippen molar-refractivity contribution in [3.05, 3.63) is 82.4 Å². The highest BCUT2D eigenvalue weighted by Crippen LogP contribution is 2.18. The quantitative estimate of drug-likeness (QED) is 0.510. The lowest BCUT2D eigenvalue weighted by atomic mass is 10.3. The Hall–Kier alpha value is -3.10. The molecular weight excluding hydrogens is 398 g/mol. The molecule has 4 rings (SSSR count). The Balaban J connectivity index is 1.50. The first-order chi connectivity index (χ1) is 13.6. The number of fused-ring (bicyclic) bond motifs is 1. The third-order valence-corrected chi connectivity index (χ3v) is 5.13. The van der Waals surface area contributed by atoms with Gasteiger partial charge in [-0.15, -0.1) is 10.2 Å². The van der Waals surface area contributed by atoms with Gasteiger partial charge in [0.05, 0.1) is 5.75 Å². The number of carbonyl (C=O) groups excluding carboxylic acids is 1. The third kappa shape index (κ3) is 3.78. The second-order valence-corrected chi connectivity index (χ2v) is 7.21. The minimum Gasteiger partial charge on any atom is -0.325 e. The number of benzene rings is 2. The summed E-state index contributed by atoms with van der Waals surface area (Å²) in [5, 5.41) is 11.9. The number of hydrogen-bond acceptors (Lipinski definition) is 5. The molecule has 0 saturated heterocycles. The summed E-state index contributed by atoms with van der Waals surface area (Å²) in [7, 11) is 0. The minimum atomic E-state index is -0.279. The Morgan fingerprint density at radius 2 is 1.79 bits per heavy atom. The average Bonchev–Trinajstić information content (AvgIpc) is 3.13. The molecule has 0 saturated carbocycles. The number of nitrogens with zero attached hydrogens (tertiary/aromatic N) is 4. The van der Waals surface area contributed by atoms with E-state index in [2.05, 4.69) is 15.5 Å². The van der Waals surface area contributed by atoms with E-state index in [4.69, 9.17) is 11.6 Å². The first-order valence-corrected chi connectivity index (χ1v) is 9.68. The van der Waals surface area contributed by atoms with E-state index in [1.165, 1.54) is 16.3 Å². The van der Waals surface area contributed by atoms with Crippen LogP contribution in [0.1, 0.15) is 0 Å². The normalized spacial score (nSPS) is 10.9. The molecule has 0 radical (unpaired) electrons. The van der Waals surface area contributed by atoms with E-state index in [-0.39, 0.29) is 22.9 Å². The fraction of sp³-hybridized carbons (Fsp3) is 0.0526. The van der Waals surface area contributed by atoms with E-state index in [0.717, 1.165) is 5.69 Å². The zero-order chi connectivity index (χ0) is 19.5. The van der Waals surface area contributed by atoms with Crippen molar-refractivity contribution in [1.82, 2.24) is 19.2 Å². The lowest BCUT2D eigenvalue weighted by molar-refractivity contribution is -0.113. The van der Waals surface area contributed by atoms with Crippen LogP contribution in [-0.4, -0.2) is 30.8 Å². The molecule has 9 heteroatoms. The maximum absolute atomic E-state index is 12.7. The first kappa shape index (κ1) is 18.3. The summed E-state index contributed by atoms with van der Waals surface area (Å²) >= 11 is 7.03. The molecule has 0 aliphatic heterocycles. The number of halogens is 1. The highest BCUT2D eigenvalue weighted by Gasteiger charge is 2.13. The Morgan fingerprint density at radius 3 is 2.54 bits per heavy atom. The molecule has 140 valence electrons. The summed E-state index contributed by atoms with van der Waals surface area (Å²) in [4.78, 5) is 24.8. The number of para-hydroxylation sites is 1. The number of nitrogens with one attached hydrogen (secondary N) is 1. The van der Waals surface area contributed by atoms with Crippen molar-refractivity contribution in [3.63, 3.8) is 0 Å². The second kappa shape index (κ2) is 7.87. The van der Waals surface area contributed by atoms with Gasteiger partial charge in [-0.05, 0) is 36.4 Å². The van der Waals surface area contributed by atoms with Gasteiger partial charge in [0.2, 0.25) is 11.6 Å². The van der Waals surface area contributed by atoms with Crippen LogP contribution in [0.5, 0.6) is 0 Å². The number of thioether (sulfide) groups is 1. The van der Waals surface area contributed by atoms with Crippen LogP contribution < -0.4 is 10.9 Å². The number of carbonyl (C=O) groups is 1. The van der Waals surface area contributed by atoms with Gasteiger partial charge in [0, 0.05) is 28.8 Å². The summed E-state index contributed by atoms with van der Waals surface area (Å²) in [5.74, 6) is -0.0627. The van der Waals surface area contributed by atoms with Crippen LogP contribution in [0.2, 0.25) is 5.02 Å². The van der Waals surface area contributed by atoms with Gasteiger partial charge < -0.3 is 5.32 Å². The van der Waals surface area contributed by atoms with Gasteiger partial charge in [-0.1, -0.05) is 41.6 Å². The molecule has 0 unspecified atom stereocenters. The molecule has 28 heavy (non-hydrogen) atoms. The molecule has 1 N–H and O–H groups in total. The molecule has 2 heterocycles. The molecule has 2 aromatic heterocycles.